The van der Waals surface area contributed by atoms with Crippen LogP contribution in [0.25, 0.3) is 11.3 Å². The van der Waals surface area contributed by atoms with Gasteiger partial charge in [-0.05, 0) is 24.1 Å². The van der Waals surface area contributed by atoms with E-state index in [-0.39, 0.29) is 5.82 Å². The normalized spacial score (nSPS) is 10.3. The van der Waals surface area contributed by atoms with Crippen LogP contribution in [0.4, 0.5) is 4.39 Å². The molecule has 1 aromatic carbocycles. The van der Waals surface area contributed by atoms with Crippen LogP contribution in [0, 0.1) is 5.82 Å². The van der Waals surface area contributed by atoms with E-state index in [1.165, 1.54) is 17.8 Å². The Hall–Kier alpha value is -1.70. The van der Waals surface area contributed by atoms with Crippen LogP contribution in [0.15, 0.2) is 42.6 Å². The number of aryl methyl sites for hydroxylation is 1. The molecule has 15 heavy (non-hydrogen) atoms. The van der Waals surface area contributed by atoms with E-state index < -0.39 is 0 Å². The zero-order chi connectivity index (χ0) is 10.7. The third-order valence-electron chi connectivity index (χ3n) is 2.39. The number of aromatic nitrogens is 1. The maximum absolute atomic E-state index is 12.7. The van der Waals surface area contributed by atoms with Crippen LogP contribution in [-0.4, -0.2) is 4.98 Å². The maximum atomic E-state index is 12.7. The Bertz CT molecular complexity index is 431. The summed E-state index contributed by atoms with van der Waals surface area (Å²) in [4.78, 5) is 4.03. The molecular formula is C13H12FN. The van der Waals surface area contributed by atoms with Gasteiger partial charge in [0.2, 0.25) is 0 Å². The third kappa shape index (κ3) is 2.21. The number of benzene rings is 1. The van der Waals surface area contributed by atoms with E-state index >= 15 is 0 Å². The topological polar surface area (TPSA) is 12.9 Å². The zero-order valence-corrected chi connectivity index (χ0v) is 8.57. The number of nitrogens with zero attached hydrogens (tertiary/aromatic N) is 1. The van der Waals surface area contributed by atoms with Crippen molar-refractivity contribution in [2.45, 2.75) is 13.3 Å². The highest BCUT2D eigenvalue weighted by Crippen LogP contribution is 2.17. The summed E-state index contributed by atoms with van der Waals surface area (Å²) in [6.45, 7) is 2.12. The molecule has 2 heteroatoms. The van der Waals surface area contributed by atoms with Crippen molar-refractivity contribution in [3.05, 3.63) is 54.0 Å². The second-order valence-electron chi connectivity index (χ2n) is 3.41. The molecule has 0 fully saturated rings. The van der Waals surface area contributed by atoms with Gasteiger partial charge in [0.25, 0.3) is 0 Å². The van der Waals surface area contributed by atoms with Crippen LogP contribution in [-0.2, 0) is 6.42 Å². The standard InChI is InChI=1S/C13H12FN/c1-2-10-3-5-11(6-4-10)13-8-7-12(14)9-15-13/h3-9H,2H2,1H3. The van der Waals surface area contributed by atoms with E-state index in [2.05, 4.69) is 24.0 Å². The molecule has 76 valence electrons. The summed E-state index contributed by atoms with van der Waals surface area (Å²) < 4.78 is 12.7. The minimum atomic E-state index is -0.302. The molecule has 0 amide bonds. The van der Waals surface area contributed by atoms with Crippen molar-refractivity contribution in [1.29, 1.82) is 0 Å². The fourth-order valence-corrected chi connectivity index (χ4v) is 1.46. The highest BCUT2D eigenvalue weighted by atomic mass is 19.1. The quantitative estimate of drug-likeness (QED) is 0.725. The van der Waals surface area contributed by atoms with Crippen molar-refractivity contribution in [1.82, 2.24) is 4.98 Å². The van der Waals surface area contributed by atoms with Crippen molar-refractivity contribution in [2.75, 3.05) is 0 Å². The molecule has 0 bridgehead atoms. The first-order valence-corrected chi connectivity index (χ1v) is 5.00. The lowest BCUT2D eigenvalue weighted by molar-refractivity contribution is 0.622. The van der Waals surface area contributed by atoms with Gasteiger partial charge in [-0.25, -0.2) is 4.39 Å². The first kappa shape index (κ1) is 9.84. The van der Waals surface area contributed by atoms with E-state index in [0.29, 0.717) is 0 Å². The molecule has 0 aliphatic rings. The molecule has 0 N–H and O–H groups in total. The van der Waals surface area contributed by atoms with Gasteiger partial charge in [0.15, 0.2) is 0 Å². The summed E-state index contributed by atoms with van der Waals surface area (Å²) >= 11 is 0. The molecule has 2 aromatic rings. The number of hydrogen-bond acceptors (Lipinski definition) is 1. The minimum Gasteiger partial charge on any atom is -0.253 e. The van der Waals surface area contributed by atoms with Crippen molar-refractivity contribution in [3.8, 4) is 11.3 Å². The van der Waals surface area contributed by atoms with Crippen LogP contribution in [0.2, 0.25) is 0 Å². The maximum Gasteiger partial charge on any atom is 0.141 e. The van der Waals surface area contributed by atoms with Crippen LogP contribution in [0.3, 0.4) is 0 Å². The van der Waals surface area contributed by atoms with Gasteiger partial charge in [0.1, 0.15) is 5.82 Å². The summed E-state index contributed by atoms with van der Waals surface area (Å²) in [5, 5.41) is 0. The van der Waals surface area contributed by atoms with Crippen LogP contribution in [0.5, 0.6) is 0 Å². The first-order valence-electron chi connectivity index (χ1n) is 5.00. The summed E-state index contributed by atoms with van der Waals surface area (Å²) in [6.07, 6.45) is 2.26. The Morgan fingerprint density at radius 2 is 1.80 bits per heavy atom. The van der Waals surface area contributed by atoms with E-state index in [1.807, 2.05) is 12.1 Å². The highest BCUT2D eigenvalue weighted by Gasteiger charge is 1.99. The van der Waals surface area contributed by atoms with Crippen molar-refractivity contribution >= 4 is 0 Å². The van der Waals surface area contributed by atoms with Gasteiger partial charge >= 0.3 is 0 Å². The average molecular weight is 201 g/mol. The fourth-order valence-electron chi connectivity index (χ4n) is 1.46. The van der Waals surface area contributed by atoms with Gasteiger partial charge in [-0.3, -0.25) is 4.98 Å². The van der Waals surface area contributed by atoms with Crippen LogP contribution < -0.4 is 0 Å². The van der Waals surface area contributed by atoms with Gasteiger partial charge in [0.05, 0.1) is 11.9 Å². The molecule has 0 aliphatic carbocycles. The summed E-state index contributed by atoms with van der Waals surface area (Å²) in [5.41, 5.74) is 3.12. The minimum absolute atomic E-state index is 0.302. The Morgan fingerprint density at radius 3 is 2.33 bits per heavy atom. The molecule has 1 nitrogen and oxygen atoms in total. The van der Waals surface area contributed by atoms with Gasteiger partial charge in [-0.2, -0.15) is 0 Å². The predicted octanol–water partition coefficient (Wildman–Crippen LogP) is 3.45. The Morgan fingerprint density at radius 1 is 1.07 bits per heavy atom. The molecule has 1 heterocycles. The van der Waals surface area contributed by atoms with E-state index in [1.54, 1.807) is 6.07 Å². The van der Waals surface area contributed by atoms with Gasteiger partial charge in [0, 0.05) is 5.56 Å². The molecule has 0 aliphatic heterocycles. The van der Waals surface area contributed by atoms with E-state index in [4.69, 9.17) is 0 Å². The zero-order valence-electron chi connectivity index (χ0n) is 8.57. The van der Waals surface area contributed by atoms with Gasteiger partial charge in [-0.1, -0.05) is 31.2 Å². The molecule has 1 aromatic heterocycles. The van der Waals surface area contributed by atoms with Gasteiger partial charge in [-0.15, -0.1) is 0 Å². The second kappa shape index (κ2) is 4.22. The lowest BCUT2D eigenvalue weighted by Crippen LogP contribution is -1.85. The summed E-state index contributed by atoms with van der Waals surface area (Å²) in [5.74, 6) is -0.302. The summed E-state index contributed by atoms with van der Waals surface area (Å²) in [7, 11) is 0. The van der Waals surface area contributed by atoms with E-state index in [0.717, 1.165) is 17.7 Å². The van der Waals surface area contributed by atoms with Crippen molar-refractivity contribution in [3.63, 3.8) is 0 Å². The highest BCUT2D eigenvalue weighted by molar-refractivity contribution is 5.59. The second-order valence-corrected chi connectivity index (χ2v) is 3.41. The largest absolute Gasteiger partial charge is 0.253 e. The lowest BCUT2D eigenvalue weighted by atomic mass is 10.1. The molecule has 0 atom stereocenters. The van der Waals surface area contributed by atoms with Gasteiger partial charge < -0.3 is 0 Å². The SMILES string of the molecule is CCc1ccc(-c2ccc(F)cn2)cc1. The monoisotopic (exact) mass is 201 g/mol. The number of pyridine rings is 1. The molecular weight excluding hydrogens is 189 g/mol. The molecule has 0 spiro atoms. The smallest absolute Gasteiger partial charge is 0.141 e. The lowest BCUT2D eigenvalue weighted by Gasteiger charge is -2.01. The predicted molar refractivity (Wildman–Crippen MR) is 59.0 cm³/mol. The fraction of sp³-hybridized carbons (Fsp3) is 0.154. The third-order valence-corrected chi connectivity index (χ3v) is 2.39. The van der Waals surface area contributed by atoms with Crippen LogP contribution in [0.1, 0.15) is 12.5 Å². The molecule has 0 saturated heterocycles. The number of hydrogen-bond donors (Lipinski definition) is 0. The summed E-state index contributed by atoms with van der Waals surface area (Å²) in [6, 6.07) is 11.3. The first-order chi connectivity index (χ1) is 7.29. The molecule has 0 unspecified atom stereocenters. The van der Waals surface area contributed by atoms with E-state index in [9.17, 15) is 4.39 Å². The van der Waals surface area contributed by atoms with Crippen molar-refractivity contribution in [2.24, 2.45) is 0 Å². The van der Waals surface area contributed by atoms with Crippen molar-refractivity contribution < 1.29 is 4.39 Å². The number of halogens is 1. The Labute approximate surface area is 88.6 Å². The molecule has 2 rings (SSSR count). The molecule has 0 radical (unpaired) electrons. The number of rotatable bonds is 2. The Balaban J connectivity index is 2.33. The molecule has 0 saturated carbocycles. The average Bonchev–Trinajstić information content (AvgIpc) is 2.30. The van der Waals surface area contributed by atoms with Crippen LogP contribution >= 0.6 is 0 Å². The Kier molecular flexibility index (Phi) is 2.77.